The van der Waals surface area contributed by atoms with Crippen molar-refractivity contribution in [3.05, 3.63) is 30.1 Å². The molecule has 2 aromatic heterocycles. The van der Waals surface area contributed by atoms with Crippen LogP contribution >= 0.6 is 11.6 Å². The van der Waals surface area contributed by atoms with Gasteiger partial charge in [0, 0.05) is 13.0 Å². The van der Waals surface area contributed by atoms with Crippen molar-refractivity contribution in [2.75, 3.05) is 0 Å². The number of halogens is 1. The predicted octanol–water partition coefficient (Wildman–Crippen LogP) is 2.86. The van der Waals surface area contributed by atoms with Crippen molar-refractivity contribution >= 4 is 11.6 Å². The van der Waals surface area contributed by atoms with Crippen LogP contribution < -0.4 is 4.74 Å². The predicted molar refractivity (Wildman–Crippen MR) is 69.0 cm³/mol. The molecule has 5 nitrogen and oxygen atoms in total. The lowest BCUT2D eigenvalue weighted by molar-refractivity contribution is 0.469. The lowest BCUT2D eigenvalue weighted by Gasteiger charge is -2.09. The maximum atomic E-state index is 5.89. The van der Waals surface area contributed by atoms with Crippen LogP contribution in [0.25, 0.3) is 0 Å². The number of nitrogens with zero attached hydrogens (tertiary/aromatic N) is 4. The molecule has 18 heavy (non-hydrogen) atoms. The Hall–Kier alpha value is -1.62. The van der Waals surface area contributed by atoms with E-state index in [1.165, 1.54) is 0 Å². The van der Waals surface area contributed by atoms with Gasteiger partial charge in [-0.2, -0.15) is 5.10 Å². The van der Waals surface area contributed by atoms with E-state index in [4.69, 9.17) is 16.3 Å². The van der Waals surface area contributed by atoms with Gasteiger partial charge in [-0.3, -0.25) is 4.68 Å². The van der Waals surface area contributed by atoms with Gasteiger partial charge < -0.3 is 4.74 Å². The molecule has 0 amide bonds. The molecular weight excluding hydrogens is 252 g/mol. The molecule has 2 aromatic rings. The minimum absolute atomic E-state index is 0.263. The first kappa shape index (κ1) is 12.8. The number of hydrogen-bond acceptors (Lipinski definition) is 4. The highest BCUT2D eigenvalue weighted by atomic mass is 35.5. The Morgan fingerprint density at radius 2 is 2.17 bits per heavy atom. The largest absolute Gasteiger partial charge is 0.450 e. The van der Waals surface area contributed by atoms with Crippen LogP contribution in [-0.4, -0.2) is 19.7 Å². The Morgan fingerprint density at radius 3 is 2.72 bits per heavy atom. The molecule has 0 aromatic carbocycles. The summed E-state index contributed by atoms with van der Waals surface area (Å²) in [5.74, 6) is 2.54. The Morgan fingerprint density at radius 1 is 1.39 bits per heavy atom. The molecule has 0 aliphatic heterocycles. The standard InChI is InChI=1S/C12H15ClN4O/c1-8(2)12-14-6-11(10(4-13)16-12)18-9-5-15-17(3)7-9/h5-8H,4H2,1-3H3. The van der Waals surface area contributed by atoms with E-state index >= 15 is 0 Å². The first-order chi connectivity index (χ1) is 8.60. The highest BCUT2D eigenvalue weighted by Gasteiger charge is 2.11. The van der Waals surface area contributed by atoms with Gasteiger partial charge in [-0.1, -0.05) is 13.8 Å². The number of ether oxygens (including phenoxy) is 1. The highest BCUT2D eigenvalue weighted by molar-refractivity contribution is 6.17. The van der Waals surface area contributed by atoms with E-state index in [9.17, 15) is 0 Å². The number of alkyl halides is 1. The molecule has 0 aliphatic carbocycles. The summed E-state index contributed by atoms with van der Waals surface area (Å²) in [5, 5.41) is 4.03. The summed E-state index contributed by atoms with van der Waals surface area (Å²) in [7, 11) is 1.83. The third kappa shape index (κ3) is 2.79. The van der Waals surface area contributed by atoms with Gasteiger partial charge in [0.05, 0.1) is 24.5 Å². The molecule has 2 rings (SSSR count). The van der Waals surface area contributed by atoms with Crippen molar-refractivity contribution in [3.63, 3.8) is 0 Å². The molecule has 0 N–H and O–H groups in total. The third-order valence-electron chi connectivity index (χ3n) is 2.40. The second-order valence-corrected chi connectivity index (χ2v) is 4.55. The zero-order chi connectivity index (χ0) is 13.1. The molecule has 0 aliphatic rings. The van der Waals surface area contributed by atoms with Gasteiger partial charge in [0.2, 0.25) is 0 Å². The quantitative estimate of drug-likeness (QED) is 0.799. The van der Waals surface area contributed by atoms with Gasteiger partial charge in [-0.25, -0.2) is 9.97 Å². The van der Waals surface area contributed by atoms with Crippen LogP contribution in [0.2, 0.25) is 0 Å². The van der Waals surface area contributed by atoms with Gasteiger partial charge in [-0.05, 0) is 0 Å². The van der Waals surface area contributed by atoms with Crippen LogP contribution in [0.4, 0.5) is 0 Å². The Bertz CT molecular complexity index is 539. The summed E-state index contributed by atoms with van der Waals surface area (Å²) in [5.41, 5.74) is 0.694. The van der Waals surface area contributed by atoms with E-state index < -0.39 is 0 Å². The molecule has 0 radical (unpaired) electrons. The zero-order valence-corrected chi connectivity index (χ0v) is 11.3. The van der Waals surface area contributed by atoms with Gasteiger partial charge in [-0.15, -0.1) is 11.6 Å². The minimum Gasteiger partial charge on any atom is -0.450 e. The van der Waals surface area contributed by atoms with Crippen molar-refractivity contribution in [2.24, 2.45) is 7.05 Å². The van der Waals surface area contributed by atoms with E-state index in [1.807, 2.05) is 20.9 Å². The van der Waals surface area contributed by atoms with Crippen molar-refractivity contribution in [1.82, 2.24) is 19.7 Å². The zero-order valence-electron chi connectivity index (χ0n) is 10.6. The smallest absolute Gasteiger partial charge is 0.168 e. The SMILES string of the molecule is CC(C)c1ncc(Oc2cnn(C)c2)c(CCl)n1. The lowest BCUT2D eigenvalue weighted by atomic mass is 10.2. The van der Waals surface area contributed by atoms with E-state index in [0.717, 1.165) is 5.82 Å². The van der Waals surface area contributed by atoms with Crippen LogP contribution in [0.15, 0.2) is 18.6 Å². The summed E-state index contributed by atoms with van der Waals surface area (Å²) < 4.78 is 7.33. The molecule has 96 valence electrons. The number of aryl methyl sites for hydroxylation is 1. The van der Waals surface area contributed by atoms with E-state index in [0.29, 0.717) is 17.2 Å². The molecule has 0 bridgehead atoms. The van der Waals surface area contributed by atoms with E-state index in [-0.39, 0.29) is 11.8 Å². The summed E-state index contributed by atoms with van der Waals surface area (Å²) >= 11 is 5.89. The second kappa shape index (κ2) is 5.35. The fourth-order valence-corrected chi connectivity index (χ4v) is 1.65. The molecule has 6 heteroatoms. The normalized spacial score (nSPS) is 10.9. The van der Waals surface area contributed by atoms with Crippen LogP contribution in [0.1, 0.15) is 31.3 Å². The van der Waals surface area contributed by atoms with Crippen molar-refractivity contribution in [3.8, 4) is 11.5 Å². The van der Waals surface area contributed by atoms with Gasteiger partial charge in [0.1, 0.15) is 11.5 Å². The number of rotatable bonds is 4. The molecular formula is C12H15ClN4O. The lowest BCUT2D eigenvalue weighted by Crippen LogP contribution is -2.02. The molecule has 0 spiro atoms. The molecule has 0 atom stereocenters. The number of aromatic nitrogens is 4. The van der Waals surface area contributed by atoms with Gasteiger partial charge in [0.15, 0.2) is 11.5 Å². The second-order valence-electron chi connectivity index (χ2n) is 4.28. The molecule has 2 heterocycles. The third-order valence-corrected chi connectivity index (χ3v) is 2.65. The Labute approximate surface area is 111 Å². The van der Waals surface area contributed by atoms with E-state index in [1.54, 1.807) is 23.3 Å². The molecule has 0 saturated carbocycles. The monoisotopic (exact) mass is 266 g/mol. The molecule has 0 saturated heterocycles. The van der Waals surface area contributed by atoms with Crippen LogP contribution in [-0.2, 0) is 12.9 Å². The Kier molecular flexibility index (Phi) is 3.81. The van der Waals surface area contributed by atoms with E-state index in [2.05, 4.69) is 15.1 Å². The maximum Gasteiger partial charge on any atom is 0.168 e. The van der Waals surface area contributed by atoms with Crippen molar-refractivity contribution in [2.45, 2.75) is 25.6 Å². The summed E-state index contributed by atoms with van der Waals surface area (Å²) in [6.45, 7) is 4.07. The van der Waals surface area contributed by atoms with Crippen LogP contribution in [0.3, 0.4) is 0 Å². The highest BCUT2D eigenvalue weighted by Crippen LogP contribution is 2.25. The molecule has 0 unspecified atom stereocenters. The summed E-state index contributed by atoms with van der Waals surface area (Å²) in [6.07, 6.45) is 5.07. The Balaban J connectivity index is 2.27. The van der Waals surface area contributed by atoms with Gasteiger partial charge >= 0.3 is 0 Å². The fourth-order valence-electron chi connectivity index (χ4n) is 1.46. The number of hydrogen-bond donors (Lipinski definition) is 0. The first-order valence-corrected chi connectivity index (χ1v) is 6.22. The van der Waals surface area contributed by atoms with Crippen LogP contribution in [0.5, 0.6) is 11.5 Å². The maximum absolute atomic E-state index is 5.89. The average molecular weight is 267 g/mol. The van der Waals surface area contributed by atoms with Crippen LogP contribution in [0, 0.1) is 0 Å². The summed E-state index contributed by atoms with van der Waals surface area (Å²) in [6, 6.07) is 0. The summed E-state index contributed by atoms with van der Waals surface area (Å²) in [4.78, 5) is 8.67. The van der Waals surface area contributed by atoms with Crippen molar-refractivity contribution < 1.29 is 4.74 Å². The topological polar surface area (TPSA) is 52.8 Å². The average Bonchev–Trinajstić information content (AvgIpc) is 2.75. The molecule has 0 fully saturated rings. The van der Waals surface area contributed by atoms with Crippen molar-refractivity contribution in [1.29, 1.82) is 0 Å². The van der Waals surface area contributed by atoms with Gasteiger partial charge in [0.25, 0.3) is 0 Å². The fraction of sp³-hybridized carbons (Fsp3) is 0.417. The minimum atomic E-state index is 0.263. The first-order valence-electron chi connectivity index (χ1n) is 5.68.